The summed E-state index contributed by atoms with van der Waals surface area (Å²) in [6, 6.07) is 5.24. The Morgan fingerprint density at radius 2 is 1.93 bits per heavy atom. The average molecular weight is 405 g/mol. The van der Waals surface area contributed by atoms with Gasteiger partial charge >= 0.3 is 0 Å². The zero-order valence-electron chi connectivity index (χ0n) is 16.7. The number of aromatic nitrogens is 5. The van der Waals surface area contributed by atoms with Gasteiger partial charge in [-0.25, -0.2) is 4.39 Å². The molecule has 0 saturated heterocycles. The first-order valence-corrected chi connectivity index (χ1v) is 10.0. The summed E-state index contributed by atoms with van der Waals surface area (Å²) in [7, 11) is 1.91. The van der Waals surface area contributed by atoms with Gasteiger partial charge < -0.3 is 9.47 Å². The van der Waals surface area contributed by atoms with E-state index in [0.717, 1.165) is 50.8 Å². The number of nitrogens with zero attached hydrogens (tertiary/aromatic N) is 5. The van der Waals surface area contributed by atoms with Crippen molar-refractivity contribution in [2.45, 2.75) is 25.7 Å². The van der Waals surface area contributed by atoms with Gasteiger partial charge in [-0.2, -0.15) is 5.10 Å². The fourth-order valence-electron chi connectivity index (χ4n) is 4.63. The molecule has 7 nitrogen and oxygen atoms in total. The zero-order chi connectivity index (χ0) is 20.4. The molecule has 0 aliphatic carbocycles. The molecule has 0 radical (unpaired) electrons. The fourth-order valence-corrected chi connectivity index (χ4v) is 4.63. The van der Waals surface area contributed by atoms with Crippen LogP contribution in [0.25, 0.3) is 16.8 Å². The number of hydrogen-bond acceptors (Lipinski definition) is 5. The first-order valence-electron chi connectivity index (χ1n) is 10.0. The van der Waals surface area contributed by atoms with E-state index in [9.17, 15) is 4.39 Å². The van der Waals surface area contributed by atoms with E-state index in [4.69, 9.17) is 9.47 Å². The number of rotatable bonds is 1. The van der Waals surface area contributed by atoms with E-state index in [0.29, 0.717) is 26.1 Å². The Morgan fingerprint density at radius 1 is 1.10 bits per heavy atom. The molecule has 152 valence electrons. The maximum absolute atomic E-state index is 14.7. The lowest BCUT2D eigenvalue weighted by atomic mass is 9.93. The van der Waals surface area contributed by atoms with Crippen molar-refractivity contribution in [2.24, 2.45) is 7.05 Å². The standard InChI is InChI=1S/C22H20FN5O2/c1-12-16(8-25-27(12)2)15-7-20-18(28-11-24-26-22(15)28)5-3-14-17(23)4-6-19-21(14)13(9-29-19)10-30-20/h4,6-8,11,13H,3,5,9-10H2,1-2H3/t13-/m1/s1. The number of ether oxygens (including phenoxy) is 2. The van der Waals surface area contributed by atoms with E-state index in [-0.39, 0.29) is 11.7 Å². The fraction of sp³-hybridized carbons (Fsp3) is 0.318. The molecule has 0 spiro atoms. The van der Waals surface area contributed by atoms with Gasteiger partial charge in [0.15, 0.2) is 5.65 Å². The van der Waals surface area contributed by atoms with Crippen molar-refractivity contribution in [2.75, 3.05) is 13.2 Å². The minimum Gasteiger partial charge on any atom is -0.493 e. The molecule has 0 fully saturated rings. The van der Waals surface area contributed by atoms with Gasteiger partial charge in [-0.1, -0.05) is 0 Å². The van der Waals surface area contributed by atoms with Gasteiger partial charge in [-0.3, -0.25) is 9.08 Å². The largest absolute Gasteiger partial charge is 0.493 e. The second-order valence-electron chi connectivity index (χ2n) is 7.92. The SMILES string of the molecule is Cc1c(-c2cc3c(n4cnnc24)CCc2c(F)ccc4c2[C@H](CO4)CO3)cnn1C. The Balaban J connectivity index is 1.53. The molecule has 1 atom stereocenters. The van der Waals surface area contributed by atoms with Gasteiger partial charge in [0.25, 0.3) is 0 Å². The second kappa shape index (κ2) is 6.29. The van der Waals surface area contributed by atoms with Crippen LogP contribution in [0.4, 0.5) is 4.39 Å². The molecule has 0 amide bonds. The van der Waals surface area contributed by atoms with Gasteiger partial charge in [0.1, 0.15) is 23.6 Å². The molecule has 0 bridgehead atoms. The molecule has 1 aromatic carbocycles. The molecule has 4 aromatic rings. The monoisotopic (exact) mass is 405 g/mol. The van der Waals surface area contributed by atoms with Crippen molar-refractivity contribution in [3.8, 4) is 22.6 Å². The highest BCUT2D eigenvalue weighted by molar-refractivity contribution is 5.80. The highest BCUT2D eigenvalue weighted by Gasteiger charge is 2.31. The average Bonchev–Trinajstić information content (AvgIpc) is 3.46. The third-order valence-corrected chi connectivity index (χ3v) is 6.32. The van der Waals surface area contributed by atoms with Crippen LogP contribution in [-0.2, 0) is 19.9 Å². The minimum absolute atomic E-state index is 0.0110. The zero-order valence-corrected chi connectivity index (χ0v) is 16.7. The van der Waals surface area contributed by atoms with Gasteiger partial charge in [-0.15, -0.1) is 10.2 Å². The lowest BCUT2D eigenvalue weighted by Gasteiger charge is -2.16. The van der Waals surface area contributed by atoms with Crippen LogP contribution < -0.4 is 9.47 Å². The normalized spacial score (nSPS) is 17.5. The summed E-state index contributed by atoms with van der Waals surface area (Å²) in [6.45, 7) is 2.95. The van der Waals surface area contributed by atoms with Crippen molar-refractivity contribution in [1.29, 1.82) is 0 Å². The van der Waals surface area contributed by atoms with E-state index in [1.807, 2.05) is 35.3 Å². The lowest BCUT2D eigenvalue weighted by molar-refractivity contribution is 0.246. The van der Waals surface area contributed by atoms with E-state index in [1.54, 1.807) is 12.4 Å². The van der Waals surface area contributed by atoms with E-state index in [1.165, 1.54) is 6.07 Å². The van der Waals surface area contributed by atoms with Crippen LogP contribution in [0.1, 0.15) is 28.4 Å². The van der Waals surface area contributed by atoms with Crippen LogP contribution in [-0.4, -0.2) is 37.6 Å². The summed E-state index contributed by atoms with van der Waals surface area (Å²) in [6.07, 6.45) is 4.70. The van der Waals surface area contributed by atoms with Crippen molar-refractivity contribution < 1.29 is 13.9 Å². The number of pyridine rings is 1. The Labute approximate surface area is 172 Å². The topological polar surface area (TPSA) is 66.5 Å². The van der Waals surface area contributed by atoms with Crippen LogP contribution >= 0.6 is 0 Å². The lowest BCUT2D eigenvalue weighted by Crippen LogP contribution is -2.13. The summed E-state index contributed by atoms with van der Waals surface area (Å²) in [5.74, 6) is 1.36. The smallest absolute Gasteiger partial charge is 0.169 e. The van der Waals surface area contributed by atoms with Gasteiger partial charge in [0.2, 0.25) is 0 Å². The maximum atomic E-state index is 14.7. The second-order valence-corrected chi connectivity index (χ2v) is 7.92. The number of halogens is 1. The summed E-state index contributed by atoms with van der Waals surface area (Å²) in [5.41, 5.74) is 6.30. The van der Waals surface area contributed by atoms with Crippen molar-refractivity contribution in [1.82, 2.24) is 24.4 Å². The van der Waals surface area contributed by atoms with Crippen molar-refractivity contribution in [3.05, 3.63) is 59.1 Å². The predicted molar refractivity (Wildman–Crippen MR) is 107 cm³/mol. The van der Waals surface area contributed by atoms with Gasteiger partial charge in [0.05, 0.1) is 31.0 Å². The summed E-state index contributed by atoms with van der Waals surface area (Å²) < 4.78 is 30.6. The maximum Gasteiger partial charge on any atom is 0.169 e. The van der Waals surface area contributed by atoms with E-state index in [2.05, 4.69) is 15.3 Å². The Kier molecular flexibility index (Phi) is 3.65. The number of aryl methyl sites for hydroxylation is 2. The first-order chi connectivity index (χ1) is 14.6. The highest BCUT2D eigenvalue weighted by atomic mass is 19.1. The molecule has 0 unspecified atom stereocenters. The summed E-state index contributed by atoms with van der Waals surface area (Å²) in [4.78, 5) is 0. The van der Waals surface area contributed by atoms with E-state index < -0.39 is 0 Å². The van der Waals surface area contributed by atoms with Gasteiger partial charge in [0, 0.05) is 29.4 Å². The molecule has 30 heavy (non-hydrogen) atoms. The Morgan fingerprint density at radius 3 is 2.73 bits per heavy atom. The predicted octanol–water partition coefficient (Wildman–Crippen LogP) is 3.23. The molecule has 2 aliphatic heterocycles. The van der Waals surface area contributed by atoms with Crippen LogP contribution in [0.5, 0.6) is 11.5 Å². The highest BCUT2D eigenvalue weighted by Crippen LogP contribution is 2.41. The van der Waals surface area contributed by atoms with Crippen LogP contribution in [0.3, 0.4) is 0 Å². The quantitative estimate of drug-likeness (QED) is 0.486. The summed E-state index contributed by atoms with van der Waals surface area (Å²) >= 11 is 0. The molecule has 0 N–H and O–H groups in total. The Bertz CT molecular complexity index is 1310. The molecule has 6 rings (SSSR count). The Hall–Kier alpha value is -3.42. The molecule has 2 aliphatic rings. The third kappa shape index (κ3) is 2.39. The molecule has 3 aromatic heterocycles. The first kappa shape index (κ1) is 17.4. The van der Waals surface area contributed by atoms with Crippen LogP contribution in [0.2, 0.25) is 0 Å². The number of benzene rings is 1. The third-order valence-electron chi connectivity index (χ3n) is 6.32. The number of fused-ring (bicyclic) bond motifs is 3. The molecule has 8 heteroatoms. The van der Waals surface area contributed by atoms with E-state index >= 15 is 0 Å². The molecule has 0 saturated carbocycles. The molecule has 5 heterocycles. The minimum atomic E-state index is -0.185. The van der Waals surface area contributed by atoms with Crippen molar-refractivity contribution >= 4 is 5.65 Å². The molecular weight excluding hydrogens is 385 g/mol. The number of hydrogen-bond donors (Lipinski definition) is 0. The molecular formula is C22H20FN5O2. The van der Waals surface area contributed by atoms with Crippen LogP contribution in [0, 0.1) is 12.7 Å². The van der Waals surface area contributed by atoms with Gasteiger partial charge in [-0.05, 0) is 43.5 Å². The summed E-state index contributed by atoms with van der Waals surface area (Å²) in [5, 5.41) is 12.9. The van der Waals surface area contributed by atoms with Crippen LogP contribution in [0.15, 0.2) is 30.7 Å². The van der Waals surface area contributed by atoms with Crippen molar-refractivity contribution in [3.63, 3.8) is 0 Å².